The maximum atomic E-state index is 12.7. The lowest BCUT2D eigenvalue weighted by Gasteiger charge is -2.30. The zero-order valence-corrected chi connectivity index (χ0v) is 18.3. The molecule has 0 atom stereocenters. The van der Waals surface area contributed by atoms with E-state index in [9.17, 15) is 13.2 Å². The van der Waals surface area contributed by atoms with Gasteiger partial charge < -0.3 is 9.88 Å². The topological polar surface area (TPSA) is 89.2 Å². The summed E-state index contributed by atoms with van der Waals surface area (Å²) in [6, 6.07) is 11.6. The molecule has 1 aliphatic heterocycles. The van der Waals surface area contributed by atoms with E-state index >= 15 is 0 Å². The molecule has 4 rings (SSSR count). The van der Waals surface area contributed by atoms with Gasteiger partial charge in [0.25, 0.3) is 0 Å². The van der Waals surface area contributed by atoms with Gasteiger partial charge in [-0.25, -0.2) is 8.42 Å². The van der Waals surface area contributed by atoms with Crippen molar-refractivity contribution >= 4 is 15.9 Å². The lowest BCUT2D eigenvalue weighted by atomic mass is 9.97. The molecule has 9 heteroatoms. The summed E-state index contributed by atoms with van der Waals surface area (Å²) in [6.45, 7) is 1.89. The van der Waals surface area contributed by atoms with E-state index in [-0.39, 0.29) is 11.8 Å². The Balaban J connectivity index is 1.25. The van der Waals surface area contributed by atoms with Crippen LogP contribution in [0.5, 0.6) is 0 Å². The van der Waals surface area contributed by atoms with E-state index < -0.39 is 10.0 Å². The number of carbonyl (C=O) groups is 1. The second-order valence-corrected chi connectivity index (χ2v) is 9.87. The van der Waals surface area contributed by atoms with Crippen LogP contribution in [-0.4, -0.2) is 46.1 Å². The maximum absolute atomic E-state index is 12.7. The first-order valence-electron chi connectivity index (χ1n) is 10.4. The van der Waals surface area contributed by atoms with E-state index in [1.54, 1.807) is 36.3 Å². The minimum atomic E-state index is -3.49. The largest absolute Gasteiger partial charge is 0.356 e. The Morgan fingerprint density at radius 3 is 2.42 bits per heavy atom. The average Bonchev–Trinajstić information content (AvgIpc) is 3.45. The number of piperidine rings is 1. The molecular weight excluding hydrogens is 414 g/mol. The molecule has 1 amide bonds. The Hall–Kier alpha value is -2.91. The van der Waals surface area contributed by atoms with Crippen LogP contribution in [-0.2, 0) is 35.0 Å². The molecule has 8 nitrogen and oxygen atoms in total. The first kappa shape index (κ1) is 21.3. The molecule has 164 valence electrons. The van der Waals surface area contributed by atoms with Crippen LogP contribution in [0.2, 0.25) is 0 Å². The SMILES string of the molecule is Cn1ccc(S(=O)(=O)N2CCC(C(=O)NCc3ccc(Cn4cccn4)cc3)CC2)c1. The van der Waals surface area contributed by atoms with Crippen LogP contribution in [0.1, 0.15) is 24.0 Å². The number of carbonyl (C=O) groups excluding carboxylic acids is 1. The van der Waals surface area contributed by atoms with Crippen molar-refractivity contribution in [3.63, 3.8) is 0 Å². The highest BCUT2D eigenvalue weighted by molar-refractivity contribution is 7.89. The molecule has 1 fully saturated rings. The van der Waals surface area contributed by atoms with Crippen LogP contribution in [0.15, 0.2) is 66.1 Å². The number of aryl methyl sites for hydroxylation is 1. The highest BCUT2D eigenvalue weighted by Gasteiger charge is 2.32. The monoisotopic (exact) mass is 441 g/mol. The number of amides is 1. The van der Waals surface area contributed by atoms with Gasteiger partial charge in [0.15, 0.2) is 0 Å². The Morgan fingerprint density at radius 1 is 1.10 bits per heavy atom. The molecule has 31 heavy (non-hydrogen) atoms. The summed E-state index contributed by atoms with van der Waals surface area (Å²) in [6.07, 6.45) is 8.06. The minimum absolute atomic E-state index is 0.0163. The van der Waals surface area contributed by atoms with Gasteiger partial charge in [0.05, 0.1) is 11.4 Å². The third-order valence-electron chi connectivity index (χ3n) is 5.66. The van der Waals surface area contributed by atoms with E-state index in [0.717, 1.165) is 11.1 Å². The fraction of sp³-hybridized carbons (Fsp3) is 0.364. The molecule has 3 aromatic rings. The van der Waals surface area contributed by atoms with Crippen molar-refractivity contribution in [3.8, 4) is 0 Å². The zero-order chi connectivity index (χ0) is 21.8. The van der Waals surface area contributed by atoms with E-state index in [2.05, 4.69) is 10.4 Å². The molecule has 1 saturated heterocycles. The quantitative estimate of drug-likeness (QED) is 0.607. The number of aromatic nitrogens is 3. The molecule has 0 spiro atoms. The number of sulfonamides is 1. The molecule has 0 bridgehead atoms. The van der Waals surface area contributed by atoms with Gasteiger partial charge in [-0.3, -0.25) is 9.48 Å². The number of hydrogen-bond donors (Lipinski definition) is 1. The lowest BCUT2D eigenvalue weighted by Crippen LogP contribution is -2.42. The average molecular weight is 442 g/mol. The molecule has 0 saturated carbocycles. The summed E-state index contributed by atoms with van der Waals surface area (Å²) in [5, 5.41) is 7.20. The number of hydrogen-bond acceptors (Lipinski definition) is 4. The fourth-order valence-corrected chi connectivity index (χ4v) is 5.34. The molecule has 0 unspecified atom stereocenters. The highest BCUT2D eigenvalue weighted by atomic mass is 32.2. The summed E-state index contributed by atoms with van der Waals surface area (Å²) in [4.78, 5) is 12.9. The predicted octanol–water partition coefficient (Wildman–Crippen LogP) is 1.99. The van der Waals surface area contributed by atoms with Gasteiger partial charge in [0.1, 0.15) is 0 Å². The number of benzene rings is 1. The zero-order valence-electron chi connectivity index (χ0n) is 17.5. The Bertz CT molecular complexity index is 1110. The van der Waals surface area contributed by atoms with Gasteiger partial charge >= 0.3 is 0 Å². The van der Waals surface area contributed by atoms with Crippen molar-refractivity contribution in [1.82, 2.24) is 24.0 Å². The van der Waals surface area contributed by atoms with Crippen molar-refractivity contribution in [1.29, 1.82) is 0 Å². The normalized spacial score (nSPS) is 15.8. The van der Waals surface area contributed by atoms with Gasteiger partial charge in [-0.1, -0.05) is 24.3 Å². The molecular formula is C22H27N5O3S. The summed E-state index contributed by atoms with van der Waals surface area (Å²) >= 11 is 0. The molecule has 1 aliphatic rings. The highest BCUT2D eigenvalue weighted by Crippen LogP contribution is 2.24. The van der Waals surface area contributed by atoms with E-state index in [1.165, 1.54) is 4.31 Å². The van der Waals surface area contributed by atoms with Gasteiger partial charge in [0, 0.05) is 57.4 Å². The van der Waals surface area contributed by atoms with Crippen LogP contribution in [0.25, 0.3) is 0 Å². The first-order valence-corrected chi connectivity index (χ1v) is 11.8. The third kappa shape index (κ3) is 5.05. The number of rotatable bonds is 7. The second kappa shape index (κ2) is 9.07. The minimum Gasteiger partial charge on any atom is -0.356 e. The van der Waals surface area contributed by atoms with Crippen molar-refractivity contribution in [2.45, 2.75) is 30.8 Å². The van der Waals surface area contributed by atoms with Crippen molar-refractivity contribution in [3.05, 3.63) is 72.3 Å². The summed E-state index contributed by atoms with van der Waals surface area (Å²) in [5.41, 5.74) is 2.17. The third-order valence-corrected chi connectivity index (χ3v) is 7.54. The van der Waals surface area contributed by atoms with Crippen molar-refractivity contribution in [2.75, 3.05) is 13.1 Å². The molecule has 2 aromatic heterocycles. The van der Waals surface area contributed by atoms with Crippen LogP contribution in [0, 0.1) is 5.92 Å². The van der Waals surface area contributed by atoms with Crippen LogP contribution >= 0.6 is 0 Å². The van der Waals surface area contributed by atoms with Gasteiger partial charge in [0.2, 0.25) is 15.9 Å². The first-order chi connectivity index (χ1) is 14.9. The van der Waals surface area contributed by atoms with Gasteiger partial charge in [-0.2, -0.15) is 9.40 Å². The van der Waals surface area contributed by atoms with Gasteiger partial charge in [-0.15, -0.1) is 0 Å². The second-order valence-electron chi connectivity index (χ2n) is 7.93. The standard InChI is InChI=1S/C22H27N5O3S/c1-25-12-9-21(17-25)31(29,30)27-13-7-20(8-14-27)22(28)23-15-18-3-5-19(6-4-18)16-26-11-2-10-24-26/h2-6,9-12,17,20H,7-8,13-16H2,1H3,(H,23,28). The summed E-state index contributed by atoms with van der Waals surface area (Å²) in [5.74, 6) is -0.182. The Kier molecular flexibility index (Phi) is 6.24. The van der Waals surface area contributed by atoms with Gasteiger partial charge in [-0.05, 0) is 36.1 Å². The number of nitrogens with zero attached hydrogens (tertiary/aromatic N) is 4. The summed E-state index contributed by atoms with van der Waals surface area (Å²) in [7, 11) is -1.70. The van der Waals surface area contributed by atoms with Crippen molar-refractivity contribution < 1.29 is 13.2 Å². The summed E-state index contributed by atoms with van der Waals surface area (Å²) < 4.78 is 30.5. The lowest BCUT2D eigenvalue weighted by molar-refractivity contribution is -0.126. The van der Waals surface area contributed by atoms with E-state index in [4.69, 9.17) is 0 Å². The number of nitrogens with one attached hydrogen (secondary N) is 1. The predicted molar refractivity (Wildman–Crippen MR) is 117 cm³/mol. The molecule has 3 heterocycles. The maximum Gasteiger partial charge on any atom is 0.244 e. The Labute approximate surface area is 182 Å². The van der Waals surface area contributed by atoms with Crippen molar-refractivity contribution in [2.24, 2.45) is 13.0 Å². The van der Waals surface area contributed by atoms with E-state index in [1.807, 2.05) is 41.2 Å². The van der Waals surface area contributed by atoms with Crippen LogP contribution in [0.3, 0.4) is 0 Å². The molecule has 0 aliphatic carbocycles. The van der Waals surface area contributed by atoms with Crippen LogP contribution < -0.4 is 5.32 Å². The fourth-order valence-electron chi connectivity index (χ4n) is 3.81. The molecule has 0 radical (unpaired) electrons. The molecule has 1 aromatic carbocycles. The van der Waals surface area contributed by atoms with E-state index in [0.29, 0.717) is 43.9 Å². The molecule has 1 N–H and O–H groups in total. The van der Waals surface area contributed by atoms with Crippen LogP contribution in [0.4, 0.5) is 0 Å². The smallest absolute Gasteiger partial charge is 0.244 e. The Morgan fingerprint density at radius 2 is 1.81 bits per heavy atom.